The van der Waals surface area contributed by atoms with Crippen molar-refractivity contribution in [2.45, 2.75) is 104 Å². The summed E-state index contributed by atoms with van der Waals surface area (Å²) in [6.07, 6.45) is 8.02. The predicted octanol–water partition coefficient (Wildman–Crippen LogP) is 10.6. The lowest BCUT2D eigenvalue weighted by Gasteiger charge is -2.65. The number of para-hydroxylation sites is 1. The first-order valence-corrected chi connectivity index (χ1v) is 17.2. The number of nitrogens with zero attached hydrogens (tertiary/aromatic N) is 2. The molecule has 2 aliphatic carbocycles. The van der Waals surface area contributed by atoms with Crippen LogP contribution >= 0.6 is 0 Å². The lowest BCUT2D eigenvalue weighted by molar-refractivity contribution is -0.0449. The summed E-state index contributed by atoms with van der Waals surface area (Å²) in [4.78, 5) is 4.65. The minimum absolute atomic E-state index is 0.000871. The fourth-order valence-electron chi connectivity index (χ4n) is 9.21. The van der Waals surface area contributed by atoms with E-state index < -0.39 is 0 Å². The first kappa shape index (κ1) is 30.8. The molecule has 2 aromatic heterocycles. The first-order valence-electron chi connectivity index (χ1n) is 17.2. The van der Waals surface area contributed by atoms with Gasteiger partial charge in [0.1, 0.15) is 19.0 Å². The molecular weight excluding hydrogens is 559 g/mol. The van der Waals surface area contributed by atoms with Crippen molar-refractivity contribution in [3.63, 3.8) is 0 Å². The van der Waals surface area contributed by atoms with E-state index >= 15 is 0 Å². The van der Waals surface area contributed by atoms with Gasteiger partial charge in [-0.1, -0.05) is 118 Å². The van der Waals surface area contributed by atoms with Crippen LogP contribution in [0, 0.1) is 22.2 Å². The molecule has 0 saturated heterocycles. The molecule has 0 aliphatic heterocycles. The van der Waals surface area contributed by atoms with Crippen LogP contribution in [0.1, 0.15) is 110 Å². The molecule has 2 aliphatic rings. The number of benzene rings is 3. The molecule has 1 fully saturated rings. The number of hydrogen-bond donors (Lipinski definition) is 0. The Hall–Kier alpha value is -3.84. The van der Waals surface area contributed by atoms with E-state index in [1.54, 1.807) is 0 Å². The summed E-state index contributed by atoms with van der Waals surface area (Å²) in [6, 6.07) is 23.8. The number of fused-ring (bicyclic) bond motifs is 4. The molecule has 5 aromatic rings. The van der Waals surface area contributed by atoms with Crippen LogP contribution in [0.3, 0.4) is 0 Å². The van der Waals surface area contributed by atoms with Gasteiger partial charge in [-0.2, -0.15) is 5.26 Å². The molecule has 7 rings (SSSR count). The van der Waals surface area contributed by atoms with E-state index in [2.05, 4.69) is 111 Å². The second-order valence-corrected chi connectivity index (χ2v) is 16.5. The smallest absolute Gasteiger partial charge is 0.144 e. The molecule has 4 heteroatoms. The number of nitriles is 1. The van der Waals surface area contributed by atoms with Crippen molar-refractivity contribution < 1.29 is 4.42 Å². The Labute approximate surface area is 275 Å². The van der Waals surface area contributed by atoms with E-state index in [4.69, 9.17) is 4.42 Å². The number of hydrogen-bond acceptors (Lipinski definition) is 3. The Morgan fingerprint density at radius 3 is 2.09 bits per heavy atom. The second-order valence-electron chi connectivity index (χ2n) is 16.5. The summed E-state index contributed by atoms with van der Waals surface area (Å²) in [7, 11) is 2.51. The van der Waals surface area contributed by atoms with Crippen LogP contribution in [-0.4, -0.2) is 12.8 Å². The van der Waals surface area contributed by atoms with Gasteiger partial charge in [-0.15, -0.1) is 0 Å². The van der Waals surface area contributed by atoms with Gasteiger partial charge < -0.3 is 4.42 Å². The molecule has 0 N–H and O–H groups in total. The van der Waals surface area contributed by atoms with Gasteiger partial charge in [0, 0.05) is 28.1 Å². The van der Waals surface area contributed by atoms with Crippen LogP contribution in [0.15, 0.2) is 71.3 Å². The highest BCUT2D eigenvalue weighted by atomic mass is 16.3. The van der Waals surface area contributed by atoms with Crippen molar-refractivity contribution in [2.24, 2.45) is 10.8 Å². The maximum atomic E-state index is 10.6. The second kappa shape index (κ2) is 10.1. The monoisotopic (exact) mass is 606 g/mol. The molecule has 0 unspecified atom stereocenters. The highest BCUT2D eigenvalue weighted by Gasteiger charge is 2.61. The molecule has 0 radical (unpaired) electrons. The topological polar surface area (TPSA) is 49.8 Å². The van der Waals surface area contributed by atoms with Crippen LogP contribution in [0.4, 0.5) is 0 Å². The van der Waals surface area contributed by atoms with Crippen molar-refractivity contribution >= 4 is 29.8 Å². The van der Waals surface area contributed by atoms with E-state index in [1.165, 1.54) is 48.8 Å². The standard InChI is InChI=1S/C42H47BN2O/c1-38(2)31-23-27(24-32(42(43)20-11-9-12-21-42)35(31)39(3,4)41(7,8)40(38,5)6)34-26(25-44)18-19-29-28-15-14-16-30(36(28)46-37(29)34)33-17-10-13-22-45-33/h10,13-19,22-24H,9,11-12,20-21,43H2,1-8H3. The maximum Gasteiger partial charge on any atom is 0.144 e. The van der Waals surface area contributed by atoms with Crippen LogP contribution in [0.2, 0.25) is 0 Å². The fraction of sp³-hybridized carbons (Fsp3) is 0.429. The third-order valence-corrected chi connectivity index (χ3v) is 13.7. The van der Waals surface area contributed by atoms with Gasteiger partial charge in [-0.3, -0.25) is 4.98 Å². The molecule has 3 nitrogen and oxygen atoms in total. The SMILES string of the molecule is BC1(c2cc(-c3c(C#N)ccc4c3oc3c(-c5ccccn5)cccc34)cc3c2C(C)(C)C(C)(C)C(C)(C)C3(C)C)CCCCC1. The van der Waals surface area contributed by atoms with Gasteiger partial charge in [0.05, 0.1) is 17.3 Å². The summed E-state index contributed by atoms with van der Waals surface area (Å²) in [5.74, 6) is 0. The largest absolute Gasteiger partial charge is 0.455 e. The van der Waals surface area contributed by atoms with Crippen LogP contribution in [-0.2, 0) is 16.1 Å². The van der Waals surface area contributed by atoms with Gasteiger partial charge in [0.15, 0.2) is 0 Å². The summed E-state index contributed by atoms with van der Waals surface area (Å²) < 4.78 is 6.90. The summed E-state index contributed by atoms with van der Waals surface area (Å²) >= 11 is 0. The molecular formula is C42H47BN2O. The average molecular weight is 607 g/mol. The molecule has 0 bridgehead atoms. The summed E-state index contributed by atoms with van der Waals surface area (Å²) in [5.41, 5.74) is 10.4. The van der Waals surface area contributed by atoms with Crippen LogP contribution < -0.4 is 0 Å². The quantitative estimate of drug-likeness (QED) is 0.192. The number of pyridine rings is 1. The lowest BCUT2D eigenvalue weighted by atomic mass is 9.38. The van der Waals surface area contributed by atoms with Crippen molar-refractivity contribution in [3.05, 3.63) is 89.1 Å². The molecule has 3 aromatic carbocycles. The van der Waals surface area contributed by atoms with E-state index in [0.717, 1.165) is 44.3 Å². The highest BCUT2D eigenvalue weighted by Crippen LogP contribution is 2.67. The van der Waals surface area contributed by atoms with Gasteiger partial charge in [-0.25, -0.2) is 0 Å². The Balaban J connectivity index is 1.60. The van der Waals surface area contributed by atoms with E-state index in [9.17, 15) is 5.26 Å². The third-order valence-electron chi connectivity index (χ3n) is 13.7. The zero-order valence-electron chi connectivity index (χ0n) is 29.2. The summed E-state index contributed by atoms with van der Waals surface area (Å²) in [6.45, 7) is 19.8. The molecule has 234 valence electrons. The maximum absolute atomic E-state index is 10.6. The predicted molar refractivity (Wildman–Crippen MR) is 194 cm³/mol. The molecule has 2 heterocycles. The van der Waals surface area contributed by atoms with Gasteiger partial charge >= 0.3 is 0 Å². The van der Waals surface area contributed by atoms with Crippen LogP contribution in [0.25, 0.3) is 44.3 Å². The van der Waals surface area contributed by atoms with Gasteiger partial charge in [0.25, 0.3) is 0 Å². The van der Waals surface area contributed by atoms with Crippen molar-refractivity contribution in [2.75, 3.05) is 0 Å². The van der Waals surface area contributed by atoms with Crippen molar-refractivity contribution in [1.82, 2.24) is 4.98 Å². The van der Waals surface area contributed by atoms with Gasteiger partial charge in [0.2, 0.25) is 0 Å². The minimum atomic E-state index is -0.113. The molecule has 0 spiro atoms. The van der Waals surface area contributed by atoms with Gasteiger partial charge in [-0.05, 0) is 79.6 Å². The third kappa shape index (κ3) is 4.00. The molecule has 1 saturated carbocycles. The zero-order chi connectivity index (χ0) is 32.9. The fourth-order valence-corrected chi connectivity index (χ4v) is 9.21. The van der Waals surface area contributed by atoms with Crippen molar-refractivity contribution in [1.29, 1.82) is 5.26 Å². The molecule has 0 atom stereocenters. The Morgan fingerprint density at radius 1 is 0.739 bits per heavy atom. The minimum Gasteiger partial charge on any atom is -0.455 e. The zero-order valence-corrected chi connectivity index (χ0v) is 29.2. The van der Waals surface area contributed by atoms with Crippen LogP contribution in [0.5, 0.6) is 0 Å². The Kier molecular flexibility index (Phi) is 6.75. The van der Waals surface area contributed by atoms with E-state index in [-0.39, 0.29) is 27.0 Å². The highest BCUT2D eigenvalue weighted by molar-refractivity contribution is 6.17. The first-order chi connectivity index (χ1) is 21.7. The molecule has 46 heavy (non-hydrogen) atoms. The molecule has 0 amide bonds. The number of rotatable bonds is 3. The normalized spacial score (nSPS) is 20.7. The Bertz CT molecular complexity index is 2050. The Morgan fingerprint density at radius 2 is 1.41 bits per heavy atom. The lowest BCUT2D eigenvalue weighted by Crippen LogP contribution is -2.60. The number of furan rings is 1. The number of aromatic nitrogens is 1. The van der Waals surface area contributed by atoms with Crippen molar-refractivity contribution in [3.8, 4) is 28.5 Å². The average Bonchev–Trinajstić information content (AvgIpc) is 3.42. The summed E-state index contributed by atoms with van der Waals surface area (Å²) in [5, 5.41) is 12.7. The van der Waals surface area contributed by atoms with E-state index in [0.29, 0.717) is 5.56 Å². The van der Waals surface area contributed by atoms with E-state index in [1.807, 2.05) is 30.5 Å².